The molecule has 0 unspecified atom stereocenters. The van der Waals surface area contributed by atoms with Crippen LogP contribution in [0, 0.1) is 11.3 Å². The minimum absolute atomic E-state index is 0.349. The molecule has 0 saturated carbocycles. The summed E-state index contributed by atoms with van der Waals surface area (Å²) in [4.78, 5) is 4.12. The maximum Gasteiger partial charge on any atom is 0.490 e. The Hall–Kier alpha value is -2.16. The fraction of sp³-hybridized carbons (Fsp3) is 0. The van der Waals surface area contributed by atoms with Crippen LogP contribution in [0.2, 0.25) is 0 Å². The maximum absolute atomic E-state index is 8.93. The Balaban J connectivity index is 2.30. The normalized spacial score (nSPS) is 9.71. The monoisotopic (exact) mass is 224 g/mol. The van der Waals surface area contributed by atoms with E-state index in [0.29, 0.717) is 11.0 Å². The van der Waals surface area contributed by atoms with E-state index in [1.165, 1.54) is 6.20 Å². The Kier molecular flexibility index (Phi) is 3.19. The lowest BCUT2D eigenvalue weighted by Crippen LogP contribution is -2.29. The van der Waals surface area contributed by atoms with Crippen LogP contribution in [0.3, 0.4) is 0 Å². The molecule has 0 fully saturated rings. The molecule has 1 aromatic heterocycles. The van der Waals surface area contributed by atoms with Crippen LogP contribution < -0.4 is 5.46 Å². The summed E-state index contributed by atoms with van der Waals surface area (Å²) >= 11 is 0. The molecule has 0 spiro atoms. The van der Waals surface area contributed by atoms with Gasteiger partial charge in [0.05, 0.1) is 17.3 Å². The molecule has 0 bridgehead atoms. The number of nitriles is 1. The summed E-state index contributed by atoms with van der Waals surface area (Å²) in [6.45, 7) is 0. The van der Waals surface area contributed by atoms with Crippen LogP contribution in [0.1, 0.15) is 5.56 Å². The van der Waals surface area contributed by atoms with Crippen molar-refractivity contribution in [3.8, 4) is 17.3 Å². The number of nitrogens with zero attached hydrogens (tertiary/aromatic N) is 2. The minimum Gasteiger partial charge on any atom is -0.423 e. The Morgan fingerprint density at radius 3 is 2.24 bits per heavy atom. The summed E-state index contributed by atoms with van der Waals surface area (Å²) in [6.07, 6.45) is 1.41. The third-order valence-electron chi connectivity index (χ3n) is 2.39. The topological polar surface area (TPSA) is 77.1 Å². The van der Waals surface area contributed by atoms with E-state index in [-0.39, 0.29) is 0 Å². The first-order chi connectivity index (χ1) is 8.20. The van der Waals surface area contributed by atoms with Gasteiger partial charge in [-0.25, -0.2) is 0 Å². The molecule has 2 N–H and O–H groups in total. The largest absolute Gasteiger partial charge is 0.490 e. The van der Waals surface area contributed by atoms with Gasteiger partial charge in [0.2, 0.25) is 0 Å². The minimum atomic E-state index is -1.50. The lowest BCUT2D eigenvalue weighted by molar-refractivity contribution is 0.425. The van der Waals surface area contributed by atoms with Gasteiger partial charge in [0.1, 0.15) is 0 Å². The third-order valence-corrected chi connectivity index (χ3v) is 2.39. The molecule has 0 atom stereocenters. The van der Waals surface area contributed by atoms with Gasteiger partial charge in [-0.15, -0.1) is 0 Å². The Morgan fingerprint density at radius 1 is 1.06 bits per heavy atom. The molecular formula is C12H9BN2O2. The van der Waals surface area contributed by atoms with Gasteiger partial charge in [0.15, 0.2) is 0 Å². The van der Waals surface area contributed by atoms with Crippen LogP contribution in [0.25, 0.3) is 11.3 Å². The van der Waals surface area contributed by atoms with Gasteiger partial charge >= 0.3 is 7.12 Å². The quantitative estimate of drug-likeness (QED) is 0.719. The summed E-state index contributed by atoms with van der Waals surface area (Å²) in [7, 11) is -1.50. The van der Waals surface area contributed by atoms with Gasteiger partial charge in [-0.3, -0.25) is 4.98 Å². The number of benzene rings is 1. The van der Waals surface area contributed by atoms with Crippen molar-refractivity contribution in [1.82, 2.24) is 4.98 Å². The average Bonchev–Trinajstić information content (AvgIpc) is 2.39. The number of rotatable bonds is 2. The maximum atomic E-state index is 8.93. The highest BCUT2D eigenvalue weighted by molar-refractivity contribution is 6.58. The molecule has 0 aliphatic heterocycles. The van der Waals surface area contributed by atoms with E-state index in [1.54, 1.807) is 36.4 Å². The van der Waals surface area contributed by atoms with Gasteiger partial charge in [-0.1, -0.05) is 18.2 Å². The molecule has 2 aromatic rings. The van der Waals surface area contributed by atoms with Crippen molar-refractivity contribution in [1.29, 1.82) is 5.26 Å². The van der Waals surface area contributed by atoms with Gasteiger partial charge in [0, 0.05) is 17.2 Å². The zero-order valence-corrected chi connectivity index (χ0v) is 8.91. The Labute approximate surface area is 98.9 Å². The second kappa shape index (κ2) is 4.79. The number of hydrogen-bond acceptors (Lipinski definition) is 4. The Morgan fingerprint density at radius 2 is 1.76 bits per heavy atom. The fourth-order valence-corrected chi connectivity index (χ4v) is 1.44. The molecule has 0 amide bonds. The molecule has 1 heterocycles. The molecule has 5 heteroatoms. The van der Waals surface area contributed by atoms with Gasteiger partial charge in [-0.2, -0.15) is 5.26 Å². The van der Waals surface area contributed by atoms with Crippen LogP contribution >= 0.6 is 0 Å². The molecule has 17 heavy (non-hydrogen) atoms. The van der Waals surface area contributed by atoms with Crippen LogP contribution in [-0.4, -0.2) is 22.2 Å². The Bertz CT molecular complexity index is 544. The SMILES string of the molecule is N#Cc1ccc(-c2ccc(B(O)O)cn2)cc1. The molecule has 0 aliphatic rings. The summed E-state index contributed by atoms with van der Waals surface area (Å²) in [6, 6.07) is 12.4. The van der Waals surface area contributed by atoms with E-state index in [9.17, 15) is 0 Å². The van der Waals surface area contributed by atoms with E-state index in [4.69, 9.17) is 15.3 Å². The average molecular weight is 224 g/mol. The smallest absolute Gasteiger partial charge is 0.423 e. The van der Waals surface area contributed by atoms with E-state index in [2.05, 4.69) is 4.98 Å². The van der Waals surface area contributed by atoms with Crippen molar-refractivity contribution in [3.05, 3.63) is 48.2 Å². The second-order valence-corrected chi connectivity index (χ2v) is 3.54. The predicted molar refractivity (Wildman–Crippen MR) is 64.2 cm³/mol. The highest BCUT2D eigenvalue weighted by Gasteiger charge is 2.10. The standard InChI is InChI=1S/C12H9BN2O2/c14-7-9-1-3-10(4-2-9)12-6-5-11(8-15-12)13(16)17/h1-6,8,16-17H. The molecule has 0 aliphatic carbocycles. The molecule has 1 aromatic carbocycles. The van der Waals surface area contributed by atoms with E-state index in [0.717, 1.165) is 11.3 Å². The van der Waals surface area contributed by atoms with Crippen LogP contribution in [0.4, 0.5) is 0 Å². The van der Waals surface area contributed by atoms with Gasteiger partial charge < -0.3 is 10.0 Å². The molecule has 4 nitrogen and oxygen atoms in total. The molecule has 0 radical (unpaired) electrons. The van der Waals surface area contributed by atoms with Gasteiger partial charge in [0.25, 0.3) is 0 Å². The first kappa shape index (κ1) is 11.3. The van der Waals surface area contributed by atoms with E-state index < -0.39 is 7.12 Å². The van der Waals surface area contributed by atoms with Crippen molar-refractivity contribution >= 4 is 12.6 Å². The zero-order valence-electron chi connectivity index (χ0n) is 8.91. The lowest BCUT2D eigenvalue weighted by Gasteiger charge is -2.02. The van der Waals surface area contributed by atoms with Crippen LogP contribution in [-0.2, 0) is 0 Å². The number of hydrogen-bond donors (Lipinski definition) is 2. The molecule has 0 saturated heterocycles. The van der Waals surface area contributed by atoms with Crippen molar-refractivity contribution in [2.24, 2.45) is 0 Å². The van der Waals surface area contributed by atoms with Crippen LogP contribution in [0.5, 0.6) is 0 Å². The third kappa shape index (κ3) is 2.51. The molecule has 2 rings (SSSR count). The zero-order chi connectivity index (χ0) is 12.3. The lowest BCUT2D eigenvalue weighted by atomic mass is 9.81. The van der Waals surface area contributed by atoms with E-state index in [1.807, 2.05) is 6.07 Å². The van der Waals surface area contributed by atoms with E-state index >= 15 is 0 Å². The first-order valence-corrected chi connectivity index (χ1v) is 5.03. The van der Waals surface area contributed by atoms with Crippen molar-refractivity contribution < 1.29 is 10.0 Å². The molecule has 82 valence electrons. The predicted octanol–water partition coefficient (Wildman–Crippen LogP) is 0.300. The summed E-state index contributed by atoms with van der Waals surface area (Å²) in [5, 5.41) is 26.5. The summed E-state index contributed by atoms with van der Waals surface area (Å²) in [5.74, 6) is 0. The van der Waals surface area contributed by atoms with Gasteiger partial charge in [-0.05, 0) is 18.2 Å². The first-order valence-electron chi connectivity index (χ1n) is 5.03. The summed E-state index contributed by atoms with van der Waals surface area (Å²) < 4.78 is 0. The number of pyridine rings is 1. The van der Waals surface area contributed by atoms with Crippen molar-refractivity contribution in [2.75, 3.05) is 0 Å². The number of aromatic nitrogens is 1. The van der Waals surface area contributed by atoms with Crippen molar-refractivity contribution in [3.63, 3.8) is 0 Å². The molecular weight excluding hydrogens is 215 g/mol. The fourth-order valence-electron chi connectivity index (χ4n) is 1.44. The highest BCUT2D eigenvalue weighted by atomic mass is 16.4. The highest BCUT2D eigenvalue weighted by Crippen LogP contribution is 2.16. The second-order valence-electron chi connectivity index (χ2n) is 3.54. The van der Waals surface area contributed by atoms with Crippen LogP contribution in [0.15, 0.2) is 42.6 Å². The summed E-state index contributed by atoms with van der Waals surface area (Å²) in [5.41, 5.74) is 2.54. The van der Waals surface area contributed by atoms with Crippen molar-refractivity contribution in [2.45, 2.75) is 0 Å².